The number of amides is 1. The van der Waals surface area contributed by atoms with Crippen molar-refractivity contribution in [1.29, 1.82) is 0 Å². The number of benzene rings is 2. The van der Waals surface area contributed by atoms with Gasteiger partial charge in [-0.15, -0.1) is 0 Å². The summed E-state index contributed by atoms with van der Waals surface area (Å²) in [5.41, 5.74) is 3.19. The second kappa shape index (κ2) is 9.33. The number of allylic oxidation sites excluding steroid dienone is 1. The SMILES string of the molecule is O=C(COc1cccc([N+](=O)[O-])c1)N/N=C\C(Br)=C\c1ccccc1. The van der Waals surface area contributed by atoms with Crippen LogP contribution in [0.1, 0.15) is 5.56 Å². The van der Waals surface area contributed by atoms with E-state index in [2.05, 4.69) is 26.5 Å². The molecule has 0 aliphatic heterocycles. The Morgan fingerprint density at radius 1 is 1.24 bits per heavy atom. The van der Waals surface area contributed by atoms with Crippen LogP contribution in [0, 0.1) is 10.1 Å². The molecule has 0 aromatic heterocycles. The van der Waals surface area contributed by atoms with Crippen molar-refractivity contribution >= 4 is 39.8 Å². The zero-order valence-electron chi connectivity index (χ0n) is 13.0. The largest absolute Gasteiger partial charge is 0.483 e. The van der Waals surface area contributed by atoms with Gasteiger partial charge in [0.1, 0.15) is 5.75 Å². The van der Waals surface area contributed by atoms with Crippen LogP contribution in [-0.4, -0.2) is 23.7 Å². The number of non-ortho nitro benzene ring substituents is 1. The molecule has 8 heteroatoms. The number of hydrogen-bond donors (Lipinski definition) is 1. The van der Waals surface area contributed by atoms with Gasteiger partial charge in [0.25, 0.3) is 11.6 Å². The van der Waals surface area contributed by atoms with E-state index in [4.69, 9.17) is 4.74 Å². The van der Waals surface area contributed by atoms with Crippen LogP contribution in [0.2, 0.25) is 0 Å². The van der Waals surface area contributed by atoms with Crippen LogP contribution in [0.5, 0.6) is 5.75 Å². The van der Waals surface area contributed by atoms with E-state index in [0.717, 1.165) is 5.56 Å². The number of nitrogens with zero attached hydrogens (tertiary/aromatic N) is 2. The van der Waals surface area contributed by atoms with Gasteiger partial charge in [-0.05, 0) is 33.6 Å². The van der Waals surface area contributed by atoms with Gasteiger partial charge in [0.2, 0.25) is 0 Å². The van der Waals surface area contributed by atoms with Crippen molar-refractivity contribution in [3.8, 4) is 5.75 Å². The number of hydrazone groups is 1. The lowest BCUT2D eigenvalue weighted by Crippen LogP contribution is -2.24. The summed E-state index contributed by atoms with van der Waals surface area (Å²) in [7, 11) is 0. The summed E-state index contributed by atoms with van der Waals surface area (Å²) < 4.78 is 5.87. The van der Waals surface area contributed by atoms with Gasteiger partial charge in [-0.1, -0.05) is 36.4 Å². The standard InChI is InChI=1S/C17H14BrN3O4/c18-14(9-13-5-2-1-3-6-13)11-19-20-17(22)12-25-16-8-4-7-15(10-16)21(23)24/h1-11H,12H2,(H,20,22)/b14-9-,19-11-. The lowest BCUT2D eigenvalue weighted by atomic mass is 10.2. The van der Waals surface area contributed by atoms with Crippen LogP contribution in [0.25, 0.3) is 6.08 Å². The maximum absolute atomic E-state index is 11.7. The normalized spacial score (nSPS) is 11.3. The third-order valence-corrected chi connectivity index (χ3v) is 3.31. The Labute approximate surface area is 152 Å². The lowest BCUT2D eigenvalue weighted by Gasteiger charge is -2.04. The number of rotatable bonds is 7. The molecule has 0 atom stereocenters. The van der Waals surface area contributed by atoms with Gasteiger partial charge >= 0.3 is 0 Å². The maximum Gasteiger partial charge on any atom is 0.277 e. The molecule has 0 aliphatic carbocycles. The zero-order chi connectivity index (χ0) is 18.1. The Morgan fingerprint density at radius 3 is 2.72 bits per heavy atom. The van der Waals surface area contributed by atoms with E-state index in [9.17, 15) is 14.9 Å². The summed E-state index contributed by atoms with van der Waals surface area (Å²) in [6.07, 6.45) is 3.29. The summed E-state index contributed by atoms with van der Waals surface area (Å²) in [6.45, 7) is -0.307. The minimum absolute atomic E-state index is 0.106. The highest BCUT2D eigenvalue weighted by atomic mass is 79.9. The number of nitro benzene ring substituents is 1. The number of halogens is 1. The molecule has 25 heavy (non-hydrogen) atoms. The molecular formula is C17H14BrN3O4. The summed E-state index contributed by atoms with van der Waals surface area (Å²) in [6, 6.07) is 15.2. The predicted octanol–water partition coefficient (Wildman–Crippen LogP) is 3.51. The van der Waals surface area contributed by atoms with Crippen molar-refractivity contribution in [3.63, 3.8) is 0 Å². The molecule has 128 valence electrons. The van der Waals surface area contributed by atoms with Gasteiger partial charge in [-0.25, -0.2) is 5.43 Å². The summed E-state index contributed by atoms with van der Waals surface area (Å²) in [4.78, 5) is 21.8. The Bertz CT molecular complexity index is 807. The predicted molar refractivity (Wildman–Crippen MR) is 98.6 cm³/mol. The molecule has 0 aliphatic rings. The highest BCUT2D eigenvalue weighted by Gasteiger charge is 2.07. The molecule has 0 heterocycles. The molecular weight excluding hydrogens is 390 g/mol. The number of hydrogen-bond acceptors (Lipinski definition) is 5. The summed E-state index contributed by atoms with van der Waals surface area (Å²) >= 11 is 3.33. The maximum atomic E-state index is 11.7. The lowest BCUT2D eigenvalue weighted by molar-refractivity contribution is -0.384. The van der Waals surface area contributed by atoms with E-state index in [1.54, 1.807) is 0 Å². The highest BCUT2D eigenvalue weighted by Crippen LogP contribution is 2.18. The van der Waals surface area contributed by atoms with E-state index < -0.39 is 10.8 Å². The number of carbonyl (C=O) groups is 1. The van der Waals surface area contributed by atoms with Crippen molar-refractivity contribution in [3.05, 3.63) is 74.8 Å². The molecule has 0 radical (unpaired) electrons. The molecule has 0 fully saturated rings. The molecule has 0 spiro atoms. The van der Waals surface area contributed by atoms with Gasteiger partial charge in [0.05, 0.1) is 17.2 Å². The van der Waals surface area contributed by atoms with Crippen molar-refractivity contribution in [2.75, 3.05) is 6.61 Å². The molecule has 0 saturated carbocycles. The third kappa shape index (κ3) is 6.56. The van der Waals surface area contributed by atoms with Crippen LogP contribution in [-0.2, 0) is 4.79 Å². The van der Waals surface area contributed by atoms with Gasteiger partial charge in [0, 0.05) is 10.5 Å². The molecule has 2 aromatic carbocycles. The molecule has 0 saturated heterocycles. The van der Waals surface area contributed by atoms with Crippen LogP contribution < -0.4 is 10.2 Å². The first kappa shape index (κ1) is 18.3. The van der Waals surface area contributed by atoms with Crippen LogP contribution in [0.4, 0.5) is 5.69 Å². The molecule has 7 nitrogen and oxygen atoms in total. The van der Waals surface area contributed by atoms with Crippen LogP contribution in [0.15, 0.2) is 64.2 Å². The third-order valence-electron chi connectivity index (χ3n) is 2.88. The Morgan fingerprint density at radius 2 is 2.00 bits per heavy atom. The van der Waals surface area contributed by atoms with Crippen molar-refractivity contribution in [2.45, 2.75) is 0 Å². The first-order valence-corrected chi connectivity index (χ1v) is 7.95. The van der Waals surface area contributed by atoms with Gasteiger partial charge in [-0.3, -0.25) is 14.9 Å². The van der Waals surface area contributed by atoms with Gasteiger partial charge in [-0.2, -0.15) is 5.10 Å². The fraction of sp³-hybridized carbons (Fsp3) is 0.0588. The monoisotopic (exact) mass is 403 g/mol. The minimum Gasteiger partial charge on any atom is -0.483 e. The number of carbonyl (C=O) groups excluding carboxylic acids is 1. The average Bonchev–Trinajstić information content (AvgIpc) is 2.61. The van der Waals surface area contributed by atoms with Gasteiger partial charge in [0.15, 0.2) is 6.61 Å². The number of ether oxygens (including phenoxy) is 1. The average molecular weight is 404 g/mol. The molecule has 1 N–H and O–H groups in total. The van der Waals surface area contributed by atoms with E-state index in [1.165, 1.54) is 30.5 Å². The first-order chi connectivity index (χ1) is 12.0. The van der Waals surface area contributed by atoms with Crippen molar-refractivity contribution < 1.29 is 14.5 Å². The van der Waals surface area contributed by atoms with E-state index in [0.29, 0.717) is 4.48 Å². The second-order valence-corrected chi connectivity index (χ2v) is 5.69. The molecule has 2 rings (SSSR count). The second-order valence-electron chi connectivity index (χ2n) is 4.78. The van der Waals surface area contributed by atoms with E-state index in [1.807, 2.05) is 36.4 Å². The molecule has 2 aromatic rings. The molecule has 0 bridgehead atoms. The Balaban J connectivity index is 1.81. The topological polar surface area (TPSA) is 93.8 Å². The van der Waals surface area contributed by atoms with Crippen molar-refractivity contribution in [1.82, 2.24) is 5.43 Å². The van der Waals surface area contributed by atoms with Crippen LogP contribution >= 0.6 is 15.9 Å². The smallest absolute Gasteiger partial charge is 0.277 e. The first-order valence-electron chi connectivity index (χ1n) is 7.16. The quantitative estimate of drug-likeness (QED) is 0.434. The highest BCUT2D eigenvalue weighted by molar-refractivity contribution is 9.12. The fourth-order valence-corrected chi connectivity index (χ4v) is 2.15. The Hall–Kier alpha value is -3.00. The van der Waals surface area contributed by atoms with Gasteiger partial charge < -0.3 is 4.74 Å². The number of nitrogens with one attached hydrogen (secondary N) is 1. The van der Waals surface area contributed by atoms with Crippen LogP contribution in [0.3, 0.4) is 0 Å². The fourth-order valence-electron chi connectivity index (χ4n) is 1.78. The summed E-state index contributed by atoms with van der Waals surface area (Å²) in [5.74, 6) is -0.249. The molecule has 1 amide bonds. The van der Waals surface area contributed by atoms with Crippen molar-refractivity contribution in [2.24, 2.45) is 5.10 Å². The number of nitro groups is 1. The minimum atomic E-state index is -0.534. The van der Waals surface area contributed by atoms with E-state index in [-0.39, 0.29) is 18.0 Å². The molecule has 0 unspecified atom stereocenters. The van der Waals surface area contributed by atoms with E-state index >= 15 is 0 Å². The Kier molecular flexibility index (Phi) is 6.85. The zero-order valence-corrected chi connectivity index (χ0v) is 14.5. The summed E-state index contributed by atoms with van der Waals surface area (Å²) in [5, 5.41) is 14.5.